The second kappa shape index (κ2) is 9.06. The molecule has 1 unspecified atom stereocenters. The van der Waals surface area contributed by atoms with Crippen molar-refractivity contribution in [1.82, 2.24) is 25.2 Å². The summed E-state index contributed by atoms with van der Waals surface area (Å²) < 4.78 is 1.90. The molecule has 8 heteroatoms. The van der Waals surface area contributed by atoms with Crippen molar-refractivity contribution in [3.63, 3.8) is 0 Å². The molecule has 3 rings (SSSR count). The maximum atomic E-state index is 12.8. The summed E-state index contributed by atoms with van der Waals surface area (Å²) in [6.07, 6.45) is 1.68. The van der Waals surface area contributed by atoms with E-state index < -0.39 is 0 Å². The quantitative estimate of drug-likeness (QED) is 0.493. The van der Waals surface area contributed by atoms with Gasteiger partial charge in [0.2, 0.25) is 5.82 Å². The number of H-pyrrole nitrogens is 1. The highest BCUT2D eigenvalue weighted by Gasteiger charge is 2.33. The molecule has 0 aliphatic rings. The van der Waals surface area contributed by atoms with Crippen molar-refractivity contribution in [3.05, 3.63) is 51.6 Å². The number of aryl methyl sites for hydroxylation is 1. The Bertz CT molecular complexity index is 1060. The number of aliphatic hydroxyl groups is 1. The third kappa shape index (κ3) is 4.44. The van der Waals surface area contributed by atoms with Crippen LogP contribution in [0, 0.1) is 6.92 Å². The zero-order valence-electron chi connectivity index (χ0n) is 18.6. The van der Waals surface area contributed by atoms with Crippen LogP contribution in [0.5, 0.6) is 0 Å². The number of hydrogen-bond acceptors (Lipinski definition) is 5. The molecule has 1 aromatic carbocycles. The molecule has 162 valence electrons. The van der Waals surface area contributed by atoms with Crippen LogP contribution < -0.4 is 10.5 Å². The second-order valence-electron chi connectivity index (χ2n) is 8.60. The highest BCUT2D eigenvalue weighted by atomic mass is 16.3. The van der Waals surface area contributed by atoms with Crippen molar-refractivity contribution in [3.8, 4) is 0 Å². The summed E-state index contributed by atoms with van der Waals surface area (Å²) in [5, 5.41) is 23.3. The Kier molecular flexibility index (Phi) is 6.67. The van der Waals surface area contributed by atoms with Crippen LogP contribution in [0.25, 0.3) is 10.9 Å². The van der Waals surface area contributed by atoms with Gasteiger partial charge in [-0.3, -0.25) is 4.79 Å². The lowest BCUT2D eigenvalue weighted by Crippen LogP contribution is -3.11. The summed E-state index contributed by atoms with van der Waals surface area (Å²) in [7, 11) is 0. The fraction of sp³-hybridized carbons (Fsp3) is 0.545. The first-order valence-corrected chi connectivity index (χ1v) is 10.7. The fourth-order valence-electron chi connectivity index (χ4n) is 3.92. The number of benzene rings is 1. The van der Waals surface area contributed by atoms with Gasteiger partial charge in [0.15, 0.2) is 0 Å². The predicted octanol–water partition coefficient (Wildman–Crippen LogP) is 1.50. The summed E-state index contributed by atoms with van der Waals surface area (Å²) in [5.41, 5.74) is 2.37. The normalized spacial score (nSPS) is 14.2. The van der Waals surface area contributed by atoms with Crippen molar-refractivity contribution in [2.24, 2.45) is 0 Å². The maximum Gasteiger partial charge on any atom is 0.257 e. The summed E-state index contributed by atoms with van der Waals surface area (Å²) >= 11 is 0. The molecule has 30 heavy (non-hydrogen) atoms. The first-order chi connectivity index (χ1) is 14.3. The Balaban J connectivity index is 2.00. The average Bonchev–Trinajstić information content (AvgIpc) is 3.20. The van der Waals surface area contributed by atoms with E-state index in [0.717, 1.165) is 40.0 Å². The van der Waals surface area contributed by atoms with Crippen LogP contribution in [0.1, 0.15) is 63.5 Å². The number of nitrogens with one attached hydrogen (secondary N) is 2. The summed E-state index contributed by atoms with van der Waals surface area (Å²) in [6, 6.07) is 7.92. The van der Waals surface area contributed by atoms with Gasteiger partial charge in [0.25, 0.3) is 5.56 Å². The maximum absolute atomic E-state index is 12.8. The van der Waals surface area contributed by atoms with Gasteiger partial charge in [-0.25, -0.2) is 4.68 Å². The Labute approximate surface area is 176 Å². The van der Waals surface area contributed by atoms with Crippen molar-refractivity contribution in [1.29, 1.82) is 0 Å². The standard InChI is InChI=1S/C22H32N6O2/c1-6-19(20-24-25-26-28(20)22(4,5)7-2)27(10-11-29)14-17-13-16-12-15(3)8-9-18(16)23-21(17)30/h8-9,12-13,19,29H,6-7,10-11,14H2,1-5H3,(H,23,30)/p+1/t19-/m0/s1. The summed E-state index contributed by atoms with van der Waals surface area (Å²) in [5.74, 6) is 0.792. The molecule has 0 saturated heterocycles. The number of aromatic nitrogens is 5. The number of pyridine rings is 1. The molecule has 2 atom stereocenters. The number of fused-ring (bicyclic) bond motifs is 1. The lowest BCUT2D eigenvalue weighted by atomic mass is 10.0. The lowest BCUT2D eigenvalue weighted by Gasteiger charge is -2.30. The minimum atomic E-state index is -0.214. The van der Waals surface area contributed by atoms with Gasteiger partial charge in [0.1, 0.15) is 19.1 Å². The van der Waals surface area contributed by atoms with Gasteiger partial charge in [-0.15, -0.1) is 5.10 Å². The smallest absolute Gasteiger partial charge is 0.257 e. The van der Waals surface area contributed by atoms with E-state index in [9.17, 15) is 9.90 Å². The van der Waals surface area contributed by atoms with E-state index in [-0.39, 0.29) is 23.7 Å². The van der Waals surface area contributed by atoms with E-state index in [1.807, 2.05) is 29.8 Å². The third-order valence-corrected chi connectivity index (χ3v) is 6.07. The van der Waals surface area contributed by atoms with Gasteiger partial charge < -0.3 is 15.0 Å². The second-order valence-corrected chi connectivity index (χ2v) is 8.60. The van der Waals surface area contributed by atoms with Crippen molar-refractivity contribution in [2.75, 3.05) is 13.2 Å². The molecule has 2 aromatic heterocycles. The minimum absolute atomic E-state index is 0.0230. The molecule has 0 spiro atoms. The first-order valence-electron chi connectivity index (χ1n) is 10.7. The minimum Gasteiger partial charge on any atom is -0.391 e. The molecule has 0 aliphatic heterocycles. The number of rotatable bonds is 9. The van der Waals surface area contributed by atoms with Crippen LogP contribution in [0.15, 0.2) is 29.1 Å². The Morgan fingerprint density at radius 1 is 1.27 bits per heavy atom. The SMILES string of the molecule is CC[C@@H](c1nnnn1C(C)(C)CC)[NH+](CCO)Cc1cc2cc(C)ccc2[nH]c1=O. The Morgan fingerprint density at radius 2 is 2.03 bits per heavy atom. The molecule has 2 heterocycles. The van der Waals surface area contributed by atoms with E-state index in [4.69, 9.17) is 0 Å². The van der Waals surface area contributed by atoms with Gasteiger partial charge in [0, 0.05) is 11.9 Å². The zero-order chi connectivity index (χ0) is 21.9. The molecular formula is C22H33N6O2+. The highest BCUT2D eigenvalue weighted by Crippen LogP contribution is 2.22. The molecule has 0 amide bonds. The van der Waals surface area contributed by atoms with Crippen LogP contribution in [0.3, 0.4) is 0 Å². The van der Waals surface area contributed by atoms with Crippen molar-refractivity contribution < 1.29 is 10.0 Å². The van der Waals surface area contributed by atoms with Gasteiger partial charge in [0.05, 0.1) is 17.7 Å². The summed E-state index contributed by atoms with van der Waals surface area (Å²) in [4.78, 5) is 16.8. The molecule has 0 aliphatic carbocycles. The highest BCUT2D eigenvalue weighted by molar-refractivity contribution is 5.79. The monoisotopic (exact) mass is 413 g/mol. The number of quaternary nitrogens is 1. The van der Waals surface area contributed by atoms with Crippen molar-refractivity contribution >= 4 is 10.9 Å². The third-order valence-electron chi connectivity index (χ3n) is 6.07. The number of tetrazole rings is 1. The van der Waals surface area contributed by atoms with Gasteiger partial charge in [-0.1, -0.05) is 25.5 Å². The topological polar surface area (TPSA) is 101 Å². The van der Waals surface area contributed by atoms with Crippen LogP contribution in [0.2, 0.25) is 0 Å². The first kappa shape index (κ1) is 22.1. The molecule has 0 saturated carbocycles. The van der Waals surface area contributed by atoms with Gasteiger partial charge >= 0.3 is 0 Å². The number of hydrogen-bond donors (Lipinski definition) is 3. The lowest BCUT2D eigenvalue weighted by molar-refractivity contribution is -0.946. The molecule has 0 radical (unpaired) electrons. The van der Waals surface area contributed by atoms with E-state index in [1.54, 1.807) is 0 Å². The average molecular weight is 414 g/mol. The summed E-state index contributed by atoms with van der Waals surface area (Å²) in [6.45, 7) is 11.5. The molecule has 8 nitrogen and oxygen atoms in total. The predicted molar refractivity (Wildman–Crippen MR) is 116 cm³/mol. The van der Waals surface area contributed by atoms with E-state index in [0.29, 0.717) is 18.7 Å². The van der Waals surface area contributed by atoms with Crippen LogP contribution >= 0.6 is 0 Å². The van der Waals surface area contributed by atoms with E-state index in [2.05, 4.69) is 54.3 Å². The van der Waals surface area contributed by atoms with Crippen LogP contribution in [-0.4, -0.2) is 43.4 Å². The Hall–Kier alpha value is -2.58. The molecule has 3 aromatic rings. The van der Waals surface area contributed by atoms with Crippen LogP contribution in [0.4, 0.5) is 0 Å². The molecule has 3 N–H and O–H groups in total. The molecule has 0 bridgehead atoms. The largest absolute Gasteiger partial charge is 0.391 e. The number of nitrogens with zero attached hydrogens (tertiary/aromatic N) is 4. The molecule has 0 fully saturated rings. The van der Waals surface area contributed by atoms with Gasteiger partial charge in [-0.2, -0.15) is 0 Å². The Morgan fingerprint density at radius 3 is 2.70 bits per heavy atom. The van der Waals surface area contributed by atoms with Crippen LogP contribution in [-0.2, 0) is 12.1 Å². The fourth-order valence-corrected chi connectivity index (χ4v) is 3.92. The van der Waals surface area contributed by atoms with Gasteiger partial charge in [-0.05, 0) is 61.2 Å². The van der Waals surface area contributed by atoms with E-state index in [1.165, 1.54) is 0 Å². The number of aliphatic hydroxyl groups excluding tert-OH is 1. The number of aromatic amines is 1. The zero-order valence-corrected chi connectivity index (χ0v) is 18.6. The van der Waals surface area contributed by atoms with Crippen molar-refractivity contribution in [2.45, 2.75) is 65.6 Å². The molecular weight excluding hydrogens is 380 g/mol. The van der Waals surface area contributed by atoms with E-state index >= 15 is 0 Å².